The third-order valence-corrected chi connectivity index (χ3v) is 6.09. The van der Waals surface area contributed by atoms with E-state index in [-0.39, 0.29) is 18.2 Å². The van der Waals surface area contributed by atoms with Gasteiger partial charge in [0.2, 0.25) is 0 Å². The van der Waals surface area contributed by atoms with Gasteiger partial charge in [-0.15, -0.1) is 0 Å². The molecule has 3 aliphatic rings. The second-order valence-electron chi connectivity index (χ2n) is 8.08. The van der Waals surface area contributed by atoms with Crippen LogP contribution >= 0.6 is 0 Å². The smallest absolute Gasteiger partial charge is 0.170 e. The summed E-state index contributed by atoms with van der Waals surface area (Å²) in [4.78, 5) is 23.8. The van der Waals surface area contributed by atoms with Crippen molar-refractivity contribution in [1.82, 2.24) is 20.5 Å². The van der Waals surface area contributed by atoms with E-state index in [4.69, 9.17) is 9.98 Å². The molecule has 0 bridgehead atoms. The number of rotatable bonds is 4. The lowest BCUT2D eigenvalue weighted by Crippen LogP contribution is -2.49. The molecule has 5 rings (SSSR count). The minimum atomic E-state index is -0.130. The molecule has 8 nitrogen and oxygen atoms in total. The number of aliphatic imine (C=N–C) groups is 3. The second kappa shape index (κ2) is 8.02. The van der Waals surface area contributed by atoms with Gasteiger partial charge in [0.1, 0.15) is 17.7 Å². The average molecular weight is 405 g/mol. The Balaban J connectivity index is 1.56. The molecule has 8 heteroatoms. The number of pyridine rings is 1. The summed E-state index contributed by atoms with van der Waals surface area (Å²) < 4.78 is 0. The van der Waals surface area contributed by atoms with Crippen LogP contribution < -0.4 is 15.5 Å². The lowest BCUT2D eigenvalue weighted by Gasteiger charge is -2.35. The first-order chi connectivity index (χ1) is 14.7. The molecule has 1 saturated heterocycles. The molecule has 2 N–H and O–H groups in total. The fraction of sp³-hybridized carbons (Fsp3) is 0.455. The van der Waals surface area contributed by atoms with Gasteiger partial charge in [0, 0.05) is 37.1 Å². The number of fused-ring (bicyclic) bond motifs is 2. The molecule has 3 unspecified atom stereocenters. The Bertz CT molecular complexity index is 1010. The van der Waals surface area contributed by atoms with Crippen LogP contribution in [0.1, 0.15) is 24.9 Å². The number of piperazine rings is 1. The number of hydrogen-bond acceptors (Lipinski definition) is 7. The third kappa shape index (κ3) is 3.52. The SMILES string of the molecule is CCC(N=C1NC=NC2N=CNC12)c1cc2ccccc2nc1N1CCN(C)CC1. The number of nitrogens with zero attached hydrogens (tertiary/aromatic N) is 6. The van der Waals surface area contributed by atoms with Crippen molar-refractivity contribution < 1.29 is 0 Å². The van der Waals surface area contributed by atoms with Crippen molar-refractivity contribution in [3.63, 3.8) is 0 Å². The van der Waals surface area contributed by atoms with Crippen LogP contribution in [0.2, 0.25) is 0 Å². The van der Waals surface area contributed by atoms with Crippen LogP contribution in [0.15, 0.2) is 45.3 Å². The van der Waals surface area contributed by atoms with Crippen LogP contribution in [0.3, 0.4) is 0 Å². The van der Waals surface area contributed by atoms with E-state index in [9.17, 15) is 0 Å². The zero-order valence-corrected chi connectivity index (χ0v) is 17.5. The van der Waals surface area contributed by atoms with Crippen LogP contribution in [0, 0.1) is 0 Å². The van der Waals surface area contributed by atoms with Crippen LogP contribution in [0.4, 0.5) is 5.82 Å². The van der Waals surface area contributed by atoms with E-state index in [0.717, 1.165) is 55.2 Å². The number of nitrogens with one attached hydrogen (secondary N) is 2. The number of likely N-dealkylation sites (N-methyl/N-ethyl adjacent to an activating group) is 1. The normalized spacial score (nSPS) is 25.9. The van der Waals surface area contributed by atoms with Crippen LogP contribution in [0.5, 0.6) is 0 Å². The van der Waals surface area contributed by atoms with Crippen molar-refractivity contribution in [2.75, 3.05) is 38.1 Å². The molecule has 1 fully saturated rings. The van der Waals surface area contributed by atoms with E-state index in [0.29, 0.717) is 0 Å². The van der Waals surface area contributed by atoms with Crippen LogP contribution in [0.25, 0.3) is 10.9 Å². The highest BCUT2D eigenvalue weighted by atomic mass is 15.3. The van der Waals surface area contributed by atoms with Gasteiger partial charge in [0.15, 0.2) is 6.17 Å². The zero-order valence-electron chi connectivity index (χ0n) is 17.5. The molecule has 3 atom stereocenters. The van der Waals surface area contributed by atoms with E-state index >= 15 is 0 Å². The average Bonchev–Trinajstić information content (AvgIpc) is 3.27. The number of hydrogen-bond donors (Lipinski definition) is 2. The number of aromatic nitrogens is 1. The summed E-state index contributed by atoms with van der Waals surface area (Å²) in [6.07, 6.45) is 4.19. The summed E-state index contributed by atoms with van der Waals surface area (Å²) >= 11 is 0. The Morgan fingerprint density at radius 1 is 1.13 bits per heavy atom. The van der Waals surface area contributed by atoms with E-state index < -0.39 is 0 Å². The Labute approximate surface area is 176 Å². The topological polar surface area (TPSA) is 80.5 Å². The predicted octanol–water partition coefficient (Wildman–Crippen LogP) is 1.79. The van der Waals surface area contributed by atoms with Gasteiger partial charge in [-0.3, -0.25) is 4.99 Å². The Morgan fingerprint density at radius 2 is 1.93 bits per heavy atom. The highest BCUT2D eigenvalue weighted by Crippen LogP contribution is 2.33. The molecule has 2 aromatic rings. The van der Waals surface area contributed by atoms with Crippen molar-refractivity contribution in [2.45, 2.75) is 31.6 Å². The minimum absolute atomic E-state index is 0.00816. The van der Waals surface area contributed by atoms with E-state index in [1.54, 1.807) is 12.7 Å². The molecule has 4 heterocycles. The van der Waals surface area contributed by atoms with Crippen molar-refractivity contribution in [2.24, 2.45) is 15.0 Å². The summed E-state index contributed by atoms with van der Waals surface area (Å²) in [5.74, 6) is 1.95. The van der Waals surface area contributed by atoms with Gasteiger partial charge in [-0.25, -0.2) is 15.0 Å². The molecular formula is C22H28N8. The fourth-order valence-corrected chi connectivity index (χ4v) is 4.29. The monoisotopic (exact) mass is 404 g/mol. The molecule has 30 heavy (non-hydrogen) atoms. The van der Waals surface area contributed by atoms with Crippen molar-refractivity contribution in [3.8, 4) is 0 Å². The van der Waals surface area contributed by atoms with E-state index in [2.05, 4.69) is 74.7 Å². The van der Waals surface area contributed by atoms with Crippen LogP contribution in [-0.4, -0.2) is 73.8 Å². The van der Waals surface area contributed by atoms with Crippen LogP contribution in [-0.2, 0) is 0 Å². The summed E-state index contributed by atoms with van der Waals surface area (Å²) in [5.41, 5.74) is 2.22. The highest BCUT2D eigenvalue weighted by molar-refractivity contribution is 6.00. The molecule has 1 aromatic heterocycles. The van der Waals surface area contributed by atoms with Crippen molar-refractivity contribution >= 4 is 35.2 Å². The second-order valence-corrected chi connectivity index (χ2v) is 8.08. The first kappa shape index (κ1) is 19.0. The standard InChI is InChI=1S/C22H28N8/c1-3-17(27-21-19-20(24-13-23-19)25-14-26-21)16-12-15-6-4-5-7-18(15)28-22(16)30-10-8-29(2)9-11-30/h4-7,12-14,17,19-20H,3,8-11H2,1-2H3,(H,23,24)(H,25,26,27). The van der Waals surface area contributed by atoms with Gasteiger partial charge >= 0.3 is 0 Å². The lowest BCUT2D eigenvalue weighted by molar-refractivity contribution is 0.311. The predicted molar refractivity (Wildman–Crippen MR) is 123 cm³/mol. The maximum Gasteiger partial charge on any atom is 0.170 e. The van der Waals surface area contributed by atoms with E-state index in [1.165, 1.54) is 5.56 Å². The summed E-state index contributed by atoms with van der Waals surface area (Å²) in [6.45, 7) is 6.23. The molecule has 3 aliphatic heterocycles. The molecule has 0 spiro atoms. The Kier molecular flexibility index (Phi) is 5.08. The van der Waals surface area contributed by atoms with Gasteiger partial charge in [-0.2, -0.15) is 0 Å². The first-order valence-corrected chi connectivity index (χ1v) is 10.7. The summed E-state index contributed by atoms with van der Waals surface area (Å²) in [6, 6.07) is 10.6. The molecule has 1 aromatic carbocycles. The summed E-state index contributed by atoms with van der Waals surface area (Å²) in [7, 11) is 2.18. The van der Waals surface area contributed by atoms with Crippen molar-refractivity contribution in [1.29, 1.82) is 0 Å². The largest absolute Gasteiger partial charge is 0.363 e. The summed E-state index contributed by atoms with van der Waals surface area (Å²) in [5, 5.41) is 7.67. The Morgan fingerprint density at radius 3 is 2.77 bits per heavy atom. The lowest BCUT2D eigenvalue weighted by atomic mass is 10.0. The molecule has 0 amide bonds. The zero-order chi connectivity index (χ0) is 20.5. The third-order valence-electron chi connectivity index (χ3n) is 6.09. The number of amidine groups is 1. The number of benzene rings is 1. The quantitative estimate of drug-likeness (QED) is 0.812. The molecule has 0 saturated carbocycles. The Hall–Kier alpha value is -3.00. The fourth-order valence-electron chi connectivity index (χ4n) is 4.29. The highest BCUT2D eigenvalue weighted by Gasteiger charge is 2.32. The van der Waals surface area contributed by atoms with Gasteiger partial charge in [0.25, 0.3) is 0 Å². The van der Waals surface area contributed by atoms with Gasteiger partial charge in [-0.05, 0) is 25.6 Å². The maximum atomic E-state index is 5.14. The van der Waals surface area contributed by atoms with Gasteiger partial charge < -0.3 is 20.4 Å². The van der Waals surface area contributed by atoms with Crippen molar-refractivity contribution in [3.05, 3.63) is 35.9 Å². The molecular weight excluding hydrogens is 376 g/mol. The van der Waals surface area contributed by atoms with Gasteiger partial charge in [-0.1, -0.05) is 25.1 Å². The number of para-hydroxylation sites is 1. The minimum Gasteiger partial charge on any atom is -0.363 e. The number of anilines is 1. The molecule has 156 valence electrons. The van der Waals surface area contributed by atoms with E-state index in [1.807, 2.05) is 0 Å². The maximum absolute atomic E-state index is 5.14. The van der Waals surface area contributed by atoms with Gasteiger partial charge in [0.05, 0.1) is 24.2 Å². The first-order valence-electron chi connectivity index (χ1n) is 10.7. The molecule has 0 aliphatic carbocycles. The molecule has 0 radical (unpaired) electrons.